The lowest BCUT2D eigenvalue weighted by atomic mass is 9.96. The van der Waals surface area contributed by atoms with Gasteiger partial charge in [-0.15, -0.1) is 0 Å². The number of methoxy groups -OCH3 is 1. The number of nitrogens with two attached hydrogens (primary N) is 1. The van der Waals surface area contributed by atoms with Crippen molar-refractivity contribution < 1.29 is 4.74 Å². The van der Waals surface area contributed by atoms with Crippen LogP contribution in [0.5, 0.6) is 5.75 Å². The van der Waals surface area contributed by atoms with Gasteiger partial charge in [-0.2, -0.15) is 0 Å². The second-order valence-electron chi connectivity index (χ2n) is 4.87. The topological polar surface area (TPSA) is 35.2 Å². The van der Waals surface area contributed by atoms with E-state index in [0.717, 1.165) is 32.5 Å². The molecule has 0 fully saturated rings. The molecule has 20 heavy (non-hydrogen) atoms. The molecule has 2 aromatic rings. The van der Waals surface area contributed by atoms with E-state index < -0.39 is 0 Å². The normalized spacial score (nSPS) is 12.3. The highest BCUT2D eigenvalue weighted by molar-refractivity contribution is 9.10. The zero-order valence-electron chi connectivity index (χ0n) is 11.7. The summed E-state index contributed by atoms with van der Waals surface area (Å²) in [6.45, 7) is 4.05. The summed E-state index contributed by atoms with van der Waals surface area (Å²) < 4.78 is 6.31. The van der Waals surface area contributed by atoms with Crippen molar-refractivity contribution in [3.8, 4) is 5.75 Å². The Labute approximate surface area is 133 Å². The molecule has 0 saturated heterocycles. The molecule has 1 atom stereocenters. The van der Waals surface area contributed by atoms with E-state index in [1.165, 1.54) is 0 Å². The van der Waals surface area contributed by atoms with Gasteiger partial charge < -0.3 is 10.5 Å². The number of hydrogen-bond acceptors (Lipinski definition) is 2. The predicted octanol–water partition coefficient (Wildman–Crippen LogP) is 4.78. The highest BCUT2D eigenvalue weighted by Crippen LogP contribution is 2.31. The van der Waals surface area contributed by atoms with Gasteiger partial charge in [0, 0.05) is 9.50 Å². The summed E-state index contributed by atoms with van der Waals surface area (Å²) in [5.74, 6) is 0.910. The maximum Gasteiger partial charge on any atom is 0.124 e. The summed E-state index contributed by atoms with van der Waals surface area (Å²) >= 11 is 9.53. The van der Waals surface area contributed by atoms with Crippen LogP contribution in [0.15, 0.2) is 34.8 Å². The third kappa shape index (κ3) is 3.17. The van der Waals surface area contributed by atoms with E-state index >= 15 is 0 Å². The highest BCUT2D eigenvalue weighted by atomic mass is 79.9. The van der Waals surface area contributed by atoms with E-state index in [1.54, 1.807) is 7.11 Å². The maximum atomic E-state index is 6.36. The van der Waals surface area contributed by atoms with Crippen LogP contribution in [0, 0.1) is 13.8 Å². The van der Waals surface area contributed by atoms with E-state index in [9.17, 15) is 0 Å². The third-order valence-corrected chi connectivity index (χ3v) is 3.97. The Kier molecular flexibility index (Phi) is 4.74. The lowest BCUT2D eigenvalue weighted by molar-refractivity contribution is 0.408. The van der Waals surface area contributed by atoms with Gasteiger partial charge in [-0.05, 0) is 54.3 Å². The number of hydrogen-bond donors (Lipinski definition) is 1. The number of aryl methyl sites for hydroxylation is 2. The zero-order valence-corrected chi connectivity index (χ0v) is 14.0. The van der Waals surface area contributed by atoms with E-state index in [2.05, 4.69) is 28.1 Å². The second-order valence-corrected chi connectivity index (χ2v) is 6.22. The molecule has 0 amide bonds. The molecule has 2 aromatic carbocycles. The minimum absolute atomic E-state index is 0.215. The Bertz CT molecular complexity index is 599. The minimum atomic E-state index is -0.215. The van der Waals surface area contributed by atoms with Crippen LogP contribution in [0.2, 0.25) is 5.02 Å². The van der Waals surface area contributed by atoms with E-state index in [0.29, 0.717) is 5.02 Å². The van der Waals surface area contributed by atoms with Crippen LogP contribution < -0.4 is 10.5 Å². The second kappa shape index (κ2) is 6.17. The fraction of sp³-hybridized carbons (Fsp3) is 0.250. The molecule has 0 heterocycles. The molecule has 106 valence electrons. The van der Waals surface area contributed by atoms with Crippen molar-refractivity contribution in [2.75, 3.05) is 7.11 Å². The predicted molar refractivity (Wildman–Crippen MR) is 87.7 cm³/mol. The minimum Gasteiger partial charge on any atom is -0.496 e. The largest absolute Gasteiger partial charge is 0.496 e. The molecule has 0 aromatic heterocycles. The van der Waals surface area contributed by atoms with Crippen molar-refractivity contribution in [1.29, 1.82) is 0 Å². The van der Waals surface area contributed by atoms with Crippen LogP contribution in [0.1, 0.15) is 28.3 Å². The number of ether oxygens (including phenoxy) is 1. The lowest BCUT2D eigenvalue weighted by Crippen LogP contribution is -2.12. The Morgan fingerprint density at radius 2 is 1.60 bits per heavy atom. The molecule has 0 spiro atoms. The molecule has 2 nitrogen and oxygen atoms in total. The summed E-state index contributed by atoms with van der Waals surface area (Å²) in [7, 11) is 1.68. The van der Waals surface area contributed by atoms with E-state index in [-0.39, 0.29) is 6.04 Å². The molecule has 2 rings (SSSR count). The monoisotopic (exact) mass is 353 g/mol. The fourth-order valence-corrected chi connectivity index (χ4v) is 3.32. The maximum absolute atomic E-state index is 6.36. The average molecular weight is 355 g/mol. The summed E-state index contributed by atoms with van der Waals surface area (Å²) in [5, 5.41) is 0.673. The van der Waals surface area contributed by atoms with Crippen molar-refractivity contribution in [2.45, 2.75) is 19.9 Å². The van der Waals surface area contributed by atoms with Crippen LogP contribution in [-0.2, 0) is 0 Å². The fourth-order valence-electron chi connectivity index (χ4n) is 2.43. The molecule has 0 radical (unpaired) electrons. The Hall–Kier alpha value is -1.03. The van der Waals surface area contributed by atoms with Crippen molar-refractivity contribution in [1.82, 2.24) is 0 Å². The molecule has 0 bridgehead atoms. The van der Waals surface area contributed by atoms with Gasteiger partial charge in [0.1, 0.15) is 5.75 Å². The summed E-state index contributed by atoms with van der Waals surface area (Å²) in [4.78, 5) is 0. The number of rotatable bonds is 3. The van der Waals surface area contributed by atoms with Crippen LogP contribution in [0.3, 0.4) is 0 Å². The third-order valence-electron chi connectivity index (χ3n) is 3.29. The first kappa shape index (κ1) is 15.4. The van der Waals surface area contributed by atoms with Crippen molar-refractivity contribution in [2.24, 2.45) is 5.73 Å². The van der Waals surface area contributed by atoms with Crippen molar-refractivity contribution in [3.63, 3.8) is 0 Å². The molecule has 4 heteroatoms. The molecule has 1 unspecified atom stereocenters. The summed E-state index contributed by atoms with van der Waals surface area (Å²) in [6, 6.07) is 9.64. The van der Waals surface area contributed by atoms with E-state index in [4.69, 9.17) is 22.1 Å². The van der Waals surface area contributed by atoms with Crippen LogP contribution >= 0.6 is 27.5 Å². The number of halogens is 2. The van der Waals surface area contributed by atoms with Gasteiger partial charge in [0.25, 0.3) is 0 Å². The first-order chi connectivity index (χ1) is 9.42. The SMILES string of the molecule is COc1c(C)cc(C(N)c2cc(Cl)cc(Br)c2)cc1C. The Morgan fingerprint density at radius 3 is 2.10 bits per heavy atom. The van der Waals surface area contributed by atoms with E-state index in [1.807, 2.05) is 32.0 Å². The van der Waals surface area contributed by atoms with Crippen LogP contribution in [-0.4, -0.2) is 7.11 Å². The van der Waals surface area contributed by atoms with Gasteiger partial charge in [0.15, 0.2) is 0 Å². The van der Waals surface area contributed by atoms with Gasteiger partial charge in [-0.25, -0.2) is 0 Å². The molecular weight excluding hydrogens is 338 g/mol. The smallest absolute Gasteiger partial charge is 0.124 e. The molecule has 0 aliphatic rings. The highest BCUT2D eigenvalue weighted by Gasteiger charge is 2.14. The van der Waals surface area contributed by atoms with Crippen molar-refractivity contribution in [3.05, 3.63) is 62.1 Å². The molecule has 0 aliphatic carbocycles. The lowest BCUT2D eigenvalue weighted by Gasteiger charge is -2.17. The van der Waals surface area contributed by atoms with Gasteiger partial charge >= 0.3 is 0 Å². The van der Waals surface area contributed by atoms with Crippen LogP contribution in [0.25, 0.3) is 0 Å². The molecule has 2 N–H and O–H groups in total. The van der Waals surface area contributed by atoms with Crippen LogP contribution in [0.4, 0.5) is 0 Å². The molecule has 0 saturated carbocycles. The zero-order chi connectivity index (χ0) is 14.9. The van der Waals surface area contributed by atoms with Gasteiger partial charge in [-0.3, -0.25) is 0 Å². The van der Waals surface area contributed by atoms with Gasteiger partial charge in [0.2, 0.25) is 0 Å². The Morgan fingerprint density at radius 1 is 1.05 bits per heavy atom. The molecule has 0 aliphatic heterocycles. The molecular formula is C16H17BrClNO. The average Bonchev–Trinajstić information content (AvgIpc) is 2.36. The first-order valence-corrected chi connectivity index (χ1v) is 7.46. The standard InChI is InChI=1S/C16H17BrClNO/c1-9-4-11(5-10(2)16(9)20-3)15(19)12-6-13(17)8-14(18)7-12/h4-8,15H,19H2,1-3H3. The number of benzene rings is 2. The first-order valence-electron chi connectivity index (χ1n) is 6.29. The Balaban J connectivity index is 2.45. The summed E-state index contributed by atoms with van der Waals surface area (Å²) in [6.07, 6.45) is 0. The summed E-state index contributed by atoms with van der Waals surface area (Å²) in [5.41, 5.74) is 10.6. The van der Waals surface area contributed by atoms with Crippen molar-refractivity contribution >= 4 is 27.5 Å². The quantitative estimate of drug-likeness (QED) is 0.861. The van der Waals surface area contributed by atoms with Gasteiger partial charge in [-0.1, -0.05) is 39.7 Å². The van der Waals surface area contributed by atoms with Gasteiger partial charge in [0.05, 0.1) is 13.2 Å².